The molecule has 1 heterocycles. The molecule has 6 atom stereocenters. The van der Waals surface area contributed by atoms with Crippen LogP contribution in [0.2, 0.25) is 0 Å². The van der Waals surface area contributed by atoms with Gasteiger partial charge in [0.2, 0.25) is 18.3 Å². The number of ether oxygens (including phenoxy) is 10. The van der Waals surface area contributed by atoms with Gasteiger partial charge in [0.1, 0.15) is 41.6 Å². The van der Waals surface area contributed by atoms with Gasteiger partial charge in [-0.3, -0.25) is 28.8 Å². The summed E-state index contributed by atoms with van der Waals surface area (Å²) < 4.78 is 87.7. The van der Waals surface area contributed by atoms with Gasteiger partial charge in [0.15, 0.2) is 12.2 Å². The number of likely N-dealkylation sites (N-methyl/N-ethyl adjacent to an activating group) is 1. The third-order valence-electron chi connectivity index (χ3n) is 9.34. The van der Waals surface area contributed by atoms with Crippen molar-refractivity contribution in [1.29, 1.82) is 0 Å². The molecule has 1 aliphatic rings. The molecule has 2 aromatic carbocycles. The van der Waals surface area contributed by atoms with Gasteiger partial charge in [0.05, 0.1) is 45.2 Å². The second-order valence-electron chi connectivity index (χ2n) is 16.5. The molecule has 3 rings (SSSR count). The van der Waals surface area contributed by atoms with Crippen LogP contribution in [0.5, 0.6) is 11.5 Å². The Hall–Kier alpha value is -6.77. The molecule has 0 aliphatic carbocycles. The molecular formula is C45H62N6O20S. The first-order valence-corrected chi connectivity index (χ1v) is 23.9. The lowest BCUT2D eigenvalue weighted by molar-refractivity contribution is -0.288. The Kier molecular flexibility index (Phi) is 24.4. The third-order valence-corrected chi connectivity index (χ3v) is 10.5. The number of hydrogen-bond donors (Lipinski definition) is 3. The van der Waals surface area contributed by atoms with Crippen molar-refractivity contribution in [2.45, 2.75) is 103 Å². The third kappa shape index (κ3) is 22.1. The van der Waals surface area contributed by atoms with Crippen molar-refractivity contribution in [3.8, 4) is 11.5 Å². The number of benzene rings is 2. The first-order valence-electron chi connectivity index (χ1n) is 22.3. The minimum Gasteiger partial charge on any atom is -0.463 e. The number of nitrogens with one attached hydrogen (secondary N) is 3. The number of esters is 4. The fourth-order valence-corrected chi connectivity index (χ4v) is 7.56. The van der Waals surface area contributed by atoms with E-state index in [4.69, 9.17) is 57.1 Å². The molecule has 0 radical (unpaired) electrons. The Bertz CT molecular complexity index is 2320. The number of nitrogens with zero attached hydrogens (tertiary/aromatic N) is 3. The molecule has 0 bridgehead atoms. The Morgan fingerprint density at radius 1 is 0.778 bits per heavy atom. The van der Waals surface area contributed by atoms with E-state index in [1.807, 2.05) is 0 Å². The number of carbonyl (C=O) groups is 7. The molecule has 1 fully saturated rings. The largest absolute Gasteiger partial charge is 0.463 e. The zero-order valence-corrected chi connectivity index (χ0v) is 42.0. The Balaban J connectivity index is 1.89. The molecule has 3 amide bonds. The van der Waals surface area contributed by atoms with Gasteiger partial charge in [-0.2, -0.15) is 8.42 Å². The summed E-state index contributed by atoms with van der Waals surface area (Å²) in [6.45, 7) is 9.89. The Labute approximate surface area is 416 Å². The van der Waals surface area contributed by atoms with Crippen LogP contribution in [0, 0.1) is 0 Å². The average molecular weight is 1040 g/mol. The van der Waals surface area contributed by atoms with Crippen LogP contribution in [0.3, 0.4) is 0 Å². The molecule has 1 saturated heterocycles. The zero-order chi connectivity index (χ0) is 53.4. The van der Waals surface area contributed by atoms with Gasteiger partial charge in [-0.25, -0.2) is 4.79 Å². The number of hydrogen-bond acceptors (Lipinski definition) is 21. The summed E-state index contributed by atoms with van der Waals surface area (Å²) in [7, 11) is -3.05. The molecule has 0 spiro atoms. The molecule has 0 saturated carbocycles. The van der Waals surface area contributed by atoms with Gasteiger partial charge >= 0.3 is 40.1 Å². The molecule has 27 heteroatoms. The quantitative estimate of drug-likeness (QED) is 0.0209. The van der Waals surface area contributed by atoms with Crippen LogP contribution >= 0.6 is 0 Å². The molecule has 2 aromatic rings. The fraction of sp³-hybridized carbons (Fsp3) is 0.578. The highest BCUT2D eigenvalue weighted by atomic mass is 32.2. The fourth-order valence-electron chi connectivity index (χ4n) is 6.51. The van der Waals surface area contributed by atoms with Gasteiger partial charge in [-0.15, -0.1) is 0 Å². The molecule has 3 N–H and O–H groups in total. The van der Waals surface area contributed by atoms with Crippen LogP contribution in [0.4, 0.5) is 4.79 Å². The second-order valence-corrected chi connectivity index (χ2v) is 18.1. The summed E-state index contributed by atoms with van der Waals surface area (Å²) >= 11 is 0. The number of carbonyl (C=O) groups excluding carboxylic acids is 7. The maximum absolute atomic E-state index is 13.9. The van der Waals surface area contributed by atoms with E-state index in [1.165, 1.54) is 49.5 Å². The number of amides is 3. The molecule has 398 valence electrons. The Morgan fingerprint density at radius 3 is 1.94 bits per heavy atom. The van der Waals surface area contributed by atoms with E-state index in [2.05, 4.69) is 26.0 Å². The van der Waals surface area contributed by atoms with Crippen molar-refractivity contribution < 1.29 is 93.5 Å². The standard InChI is InChI=1S/C45H62N6O20S/c1-27(52)64-25-37-38(65-28(2)53)39(66-29(3)54)40(67-30(4)55)43(69-37)68-36-14-11-32(23-34(36)41(56)48-15-17-61-19-21-63-22-20-62-18-16-49-51-46)26-72(59,60)71-33-12-9-31(10-13-33)24-35(42(57)47-8)50-44(58)70-45(5,6)7/h9-14,23,35,37-40,43H,15-22,24-26H2,1-8H3,(H,47,57)(H,48,56)(H,50,58)/t35-,37+,38-,39-,40+,43?/m0/s1. The van der Waals surface area contributed by atoms with Crippen molar-refractivity contribution in [3.63, 3.8) is 0 Å². The molecule has 1 unspecified atom stereocenters. The smallest absolute Gasteiger partial charge is 0.408 e. The molecule has 1 aliphatic heterocycles. The van der Waals surface area contributed by atoms with Gasteiger partial charge in [0, 0.05) is 59.2 Å². The first kappa shape index (κ1) is 59.5. The minimum atomic E-state index is -4.46. The van der Waals surface area contributed by atoms with Crippen molar-refractivity contribution in [2.24, 2.45) is 5.11 Å². The Morgan fingerprint density at radius 2 is 1.36 bits per heavy atom. The van der Waals surface area contributed by atoms with Crippen LogP contribution < -0.4 is 24.9 Å². The number of azide groups is 1. The monoisotopic (exact) mass is 1040 g/mol. The summed E-state index contributed by atoms with van der Waals surface area (Å²) in [5.41, 5.74) is 7.79. The van der Waals surface area contributed by atoms with E-state index < -0.39 is 107 Å². The normalized spacial score (nSPS) is 17.9. The summed E-state index contributed by atoms with van der Waals surface area (Å²) in [6, 6.07) is 8.40. The number of rotatable bonds is 28. The van der Waals surface area contributed by atoms with Crippen molar-refractivity contribution in [2.75, 3.05) is 66.4 Å². The van der Waals surface area contributed by atoms with Crippen LogP contribution in [0.15, 0.2) is 47.6 Å². The highest BCUT2D eigenvalue weighted by Crippen LogP contribution is 2.33. The average Bonchev–Trinajstić information content (AvgIpc) is 3.28. The lowest BCUT2D eigenvalue weighted by Gasteiger charge is -2.44. The summed E-state index contributed by atoms with van der Waals surface area (Å²) in [6.07, 6.45) is -8.72. The van der Waals surface area contributed by atoms with Crippen molar-refractivity contribution >= 4 is 51.9 Å². The lowest BCUT2D eigenvalue weighted by Crippen LogP contribution is -2.63. The second kappa shape index (κ2) is 29.5. The molecule has 26 nitrogen and oxygen atoms in total. The molecule has 72 heavy (non-hydrogen) atoms. The maximum Gasteiger partial charge on any atom is 0.408 e. The van der Waals surface area contributed by atoms with Crippen LogP contribution in [-0.4, -0.2) is 159 Å². The summed E-state index contributed by atoms with van der Waals surface area (Å²) in [4.78, 5) is 90.5. The summed E-state index contributed by atoms with van der Waals surface area (Å²) in [5, 5.41) is 11.0. The predicted octanol–water partition coefficient (Wildman–Crippen LogP) is 2.33. The van der Waals surface area contributed by atoms with E-state index in [9.17, 15) is 42.0 Å². The van der Waals surface area contributed by atoms with Crippen molar-refractivity contribution in [1.82, 2.24) is 16.0 Å². The van der Waals surface area contributed by atoms with Crippen molar-refractivity contribution in [3.05, 3.63) is 69.6 Å². The lowest BCUT2D eigenvalue weighted by atomic mass is 9.98. The highest BCUT2D eigenvalue weighted by molar-refractivity contribution is 7.86. The van der Waals surface area contributed by atoms with Gasteiger partial charge in [-0.1, -0.05) is 23.3 Å². The van der Waals surface area contributed by atoms with E-state index in [0.29, 0.717) is 5.56 Å². The minimum absolute atomic E-state index is 0.00105. The van der Waals surface area contributed by atoms with E-state index in [0.717, 1.165) is 27.7 Å². The van der Waals surface area contributed by atoms with Gasteiger partial charge in [-0.05, 0) is 61.7 Å². The van der Waals surface area contributed by atoms with E-state index >= 15 is 0 Å². The van der Waals surface area contributed by atoms with Crippen LogP contribution in [0.1, 0.15) is 70.0 Å². The van der Waals surface area contributed by atoms with Gasteiger partial charge in [0.25, 0.3) is 5.91 Å². The van der Waals surface area contributed by atoms with E-state index in [-0.39, 0.29) is 81.8 Å². The predicted molar refractivity (Wildman–Crippen MR) is 248 cm³/mol. The SMILES string of the molecule is CNC(=O)[C@H](Cc1ccc(OS(=O)(=O)Cc2ccc(OC3O[C@H](COC(C)=O)[C@H](OC(C)=O)[C@H](OC(C)=O)[C@H]3OC(C)=O)c(C(=O)NCCOCCOCCOCCN=[N+]=[N-])c2)cc1)NC(=O)OC(C)(C)C. The zero-order valence-electron chi connectivity index (χ0n) is 41.2. The number of alkyl carbamates (subject to hydrolysis) is 1. The highest BCUT2D eigenvalue weighted by Gasteiger charge is 2.53. The molecule has 0 aromatic heterocycles. The first-order chi connectivity index (χ1) is 34.0. The summed E-state index contributed by atoms with van der Waals surface area (Å²) in [5.74, 6) is -5.87. The van der Waals surface area contributed by atoms with Crippen LogP contribution in [-0.2, 0) is 88.9 Å². The van der Waals surface area contributed by atoms with E-state index in [1.54, 1.807) is 20.8 Å². The van der Waals surface area contributed by atoms with Gasteiger partial charge < -0.3 is 67.5 Å². The molecular weight excluding hydrogens is 977 g/mol. The maximum atomic E-state index is 13.9. The topological polar surface area (TPSA) is 340 Å². The van der Waals surface area contributed by atoms with Crippen LogP contribution in [0.25, 0.3) is 10.4 Å².